The fourth-order valence-electron chi connectivity index (χ4n) is 2.55. The summed E-state index contributed by atoms with van der Waals surface area (Å²) in [6, 6.07) is 0.891. The number of hydrogen-bond acceptors (Lipinski definition) is 4. The topological polar surface area (TPSA) is 95.2 Å². The second kappa shape index (κ2) is 5.60. The van der Waals surface area contributed by atoms with Crippen LogP contribution in [-0.4, -0.2) is 44.3 Å². The lowest BCUT2D eigenvalue weighted by Crippen LogP contribution is -2.38. The van der Waals surface area contributed by atoms with Gasteiger partial charge in [-0.25, -0.2) is 4.79 Å². The number of nitrogens with zero attached hydrogens (tertiary/aromatic N) is 3. The Balaban J connectivity index is 1.78. The minimum absolute atomic E-state index is 0.0528. The number of nitrogens with one attached hydrogen (secondary N) is 1. The summed E-state index contributed by atoms with van der Waals surface area (Å²) in [5.41, 5.74) is -0.760. The summed E-state index contributed by atoms with van der Waals surface area (Å²) in [6.45, 7) is 0.689. The maximum Gasteiger partial charge on any atom is 0.417 e. The van der Waals surface area contributed by atoms with Gasteiger partial charge < -0.3 is 19.5 Å². The molecule has 0 spiro atoms. The van der Waals surface area contributed by atoms with Gasteiger partial charge in [0.05, 0.1) is 5.56 Å². The summed E-state index contributed by atoms with van der Waals surface area (Å²) in [6.07, 6.45) is -3.28. The maximum atomic E-state index is 12.6. The number of aromatic amines is 1. The van der Waals surface area contributed by atoms with Crippen molar-refractivity contribution in [2.24, 2.45) is 0 Å². The van der Waals surface area contributed by atoms with Crippen molar-refractivity contribution < 1.29 is 27.6 Å². The van der Waals surface area contributed by atoms with Gasteiger partial charge in [-0.3, -0.25) is 0 Å². The van der Waals surface area contributed by atoms with Gasteiger partial charge in [0.2, 0.25) is 0 Å². The van der Waals surface area contributed by atoms with Crippen LogP contribution in [0.15, 0.2) is 16.8 Å². The number of piperidine rings is 1. The average molecular weight is 330 g/mol. The van der Waals surface area contributed by atoms with Crippen molar-refractivity contribution in [2.75, 3.05) is 13.1 Å². The Hall–Kier alpha value is -2.52. The fourth-order valence-corrected chi connectivity index (χ4v) is 2.55. The molecule has 0 aliphatic carbocycles. The lowest BCUT2D eigenvalue weighted by molar-refractivity contribution is -0.137. The number of alkyl halides is 3. The zero-order chi connectivity index (χ0) is 16.6. The Morgan fingerprint density at radius 3 is 2.91 bits per heavy atom. The highest BCUT2D eigenvalue weighted by molar-refractivity contribution is 5.65. The van der Waals surface area contributed by atoms with Crippen LogP contribution in [0.5, 0.6) is 0 Å². The van der Waals surface area contributed by atoms with Crippen LogP contribution >= 0.6 is 0 Å². The zero-order valence-corrected chi connectivity index (χ0v) is 11.8. The van der Waals surface area contributed by atoms with E-state index < -0.39 is 17.8 Å². The number of H-pyrrole nitrogens is 1. The number of rotatable bonds is 2. The Labute approximate surface area is 128 Å². The number of halogens is 3. The van der Waals surface area contributed by atoms with Gasteiger partial charge in [-0.1, -0.05) is 5.16 Å². The van der Waals surface area contributed by atoms with Gasteiger partial charge in [0, 0.05) is 25.2 Å². The molecule has 1 saturated heterocycles. The minimum Gasteiger partial charge on any atom is -0.465 e. The molecule has 0 aromatic carbocycles. The Kier molecular flexibility index (Phi) is 3.74. The predicted molar refractivity (Wildman–Crippen MR) is 70.7 cm³/mol. The molecule has 10 heteroatoms. The van der Waals surface area contributed by atoms with E-state index in [1.807, 2.05) is 0 Å². The highest BCUT2D eigenvalue weighted by Crippen LogP contribution is 2.32. The number of hydrogen-bond donors (Lipinski definition) is 2. The molecule has 2 aromatic rings. The molecule has 1 fully saturated rings. The van der Waals surface area contributed by atoms with Crippen LogP contribution < -0.4 is 0 Å². The van der Waals surface area contributed by atoms with E-state index in [9.17, 15) is 18.0 Å². The molecule has 2 N–H and O–H groups in total. The average Bonchev–Trinajstić information content (AvgIpc) is 3.15. The first-order valence-electron chi connectivity index (χ1n) is 6.92. The molecule has 1 aliphatic rings. The monoisotopic (exact) mass is 330 g/mol. The molecule has 0 unspecified atom stereocenters. The molecule has 1 amide bonds. The first-order valence-corrected chi connectivity index (χ1v) is 6.92. The summed E-state index contributed by atoms with van der Waals surface area (Å²) in [7, 11) is 0. The Morgan fingerprint density at radius 1 is 1.48 bits per heavy atom. The van der Waals surface area contributed by atoms with Crippen molar-refractivity contribution in [3.05, 3.63) is 23.7 Å². The molecule has 1 atom stereocenters. The summed E-state index contributed by atoms with van der Waals surface area (Å²) in [5.74, 6) is 0.0199. The van der Waals surface area contributed by atoms with Gasteiger partial charge in [0.25, 0.3) is 5.89 Å². The first kappa shape index (κ1) is 15.4. The Morgan fingerprint density at radius 2 is 2.26 bits per heavy atom. The van der Waals surface area contributed by atoms with Crippen molar-refractivity contribution in [1.29, 1.82) is 0 Å². The highest BCUT2D eigenvalue weighted by atomic mass is 19.4. The fraction of sp³-hybridized carbons (Fsp3) is 0.462. The van der Waals surface area contributed by atoms with E-state index in [0.717, 1.165) is 12.3 Å². The molecule has 124 valence electrons. The summed E-state index contributed by atoms with van der Waals surface area (Å²) in [4.78, 5) is 18.8. The lowest BCUT2D eigenvalue weighted by atomic mass is 9.98. The van der Waals surface area contributed by atoms with Crippen molar-refractivity contribution >= 4 is 6.09 Å². The number of carbonyl (C=O) groups is 1. The van der Waals surface area contributed by atoms with Crippen LogP contribution in [-0.2, 0) is 6.18 Å². The number of aromatic nitrogens is 3. The van der Waals surface area contributed by atoms with Crippen LogP contribution in [0, 0.1) is 0 Å². The molecule has 0 bridgehead atoms. The molecule has 3 rings (SSSR count). The quantitative estimate of drug-likeness (QED) is 0.883. The lowest BCUT2D eigenvalue weighted by Gasteiger charge is -2.28. The van der Waals surface area contributed by atoms with E-state index in [1.54, 1.807) is 0 Å². The standard InChI is InChI=1S/C13H13F3N4O3/c14-13(15,16)8-4-9(17-5-8)11-18-10(19-23-11)7-2-1-3-20(6-7)12(21)22/h4-5,7,17H,1-3,6H2,(H,21,22)/t7-/m0/s1. The molecule has 23 heavy (non-hydrogen) atoms. The molecular weight excluding hydrogens is 317 g/mol. The second-order valence-electron chi connectivity index (χ2n) is 5.33. The van der Waals surface area contributed by atoms with Gasteiger partial charge >= 0.3 is 12.3 Å². The van der Waals surface area contributed by atoms with Crippen LogP contribution in [0.2, 0.25) is 0 Å². The molecular formula is C13H13F3N4O3. The maximum absolute atomic E-state index is 12.6. The summed E-state index contributed by atoms with van der Waals surface area (Å²) < 4.78 is 42.8. The molecule has 1 aliphatic heterocycles. The molecule has 0 radical (unpaired) electrons. The summed E-state index contributed by atoms with van der Waals surface area (Å²) in [5, 5.41) is 12.8. The van der Waals surface area contributed by atoms with E-state index in [-0.39, 0.29) is 24.0 Å². The molecule has 7 nitrogen and oxygen atoms in total. The van der Waals surface area contributed by atoms with Crippen LogP contribution in [0.25, 0.3) is 11.6 Å². The second-order valence-corrected chi connectivity index (χ2v) is 5.33. The number of amides is 1. The SMILES string of the molecule is O=C(O)N1CCC[C@H](c2noc(-c3cc(C(F)(F)F)c[nH]3)n2)C1. The minimum atomic E-state index is -4.46. The van der Waals surface area contributed by atoms with Gasteiger partial charge in [-0.15, -0.1) is 0 Å². The van der Waals surface area contributed by atoms with Crippen LogP contribution in [0.3, 0.4) is 0 Å². The number of likely N-dealkylation sites (tertiary alicyclic amines) is 1. The van der Waals surface area contributed by atoms with Crippen LogP contribution in [0.1, 0.15) is 30.1 Å². The third-order valence-corrected chi connectivity index (χ3v) is 3.74. The van der Waals surface area contributed by atoms with Gasteiger partial charge in [0.15, 0.2) is 5.82 Å². The molecule has 3 heterocycles. The van der Waals surface area contributed by atoms with Crippen LogP contribution in [0.4, 0.5) is 18.0 Å². The van der Waals surface area contributed by atoms with E-state index in [4.69, 9.17) is 9.63 Å². The largest absolute Gasteiger partial charge is 0.465 e. The van der Waals surface area contributed by atoms with Gasteiger partial charge in [0.1, 0.15) is 5.69 Å². The van der Waals surface area contributed by atoms with Crippen molar-refractivity contribution in [3.8, 4) is 11.6 Å². The third-order valence-electron chi connectivity index (χ3n) is 3.74. The Bertz CT molecular complexity index is 709. The smallest absolute Gasteiger partial charge is 0.417 e. The molecule has 2 aromatic heterocycles. The first-order chi connectivity index (χ1) is 10.8. The van der Waals surface area contributed by atoms with E-state index in [2.05, 4.69) is 15.1 Å². The molecule has 0 saturated carbocycles. The van der Waals surface area contributed by atoms with Crippen molar-refractivity contribution in [1.82, 2.24) is 20.0 Å². The van der Waals surface area contributed by atoms with Crippen molar-refractivity contribution in [3.63, 3.8) is 0 Å². The summed E-state index contributed by atoms with van der Waals surface area (Å²) >= 11 is 0. The van der Waals surface area contributed by atoms with Crippen molar-refractivity contribution in [2.45, 2.75) is 24.9 Å². The van der Waals surface area contributed by atoms with E-state index in [0.29, 0.717) is 25.2 Å². The normalized spacial score (nSPS) is 19.1. The van der Waals surface area contributed by atoms with E-state index in [1.165, 1.54) is 4.90 Å². The third kappa shape index (κ3) is 3.15. The highest BCUT2D eigenvalue weighted by Gasteiger charge is 2.33. The van der Waals surface area contributed by atoms with Gasteiger partial charge in [-0.05, 0) is 18.9 Å². The zero-order valence-electron chi connectivity index (χ0n) is 11.8. The number of carboxylic acid groups (broad SMARTS) is 1. The predicted octanol–water partition coefficient (Wildman–Crippen LogP) is 2.94. The van der Waals surface area contributed by atoms with E-state index >= 15 is 0 Å². The van der Waals surface area contributed by atoms with Gasteiger partial charge in [-0.2, -0.15) is 18.2 Å².